The summed E-state index contributed by atoms with van der Waals surface area (Å²) in [5.74, 6) is 0.103. The van der Waals surface area contributed by atoms with Crippen molar-refractivity contribution < 1.29 is 4.79 Å². The Hall–Kier alpha value is -1.81. The molecular formula is C17H25N3O. The number of benzene rings is 1. The van der Waals surface area contributed by atoms with E-state index in [-0.39, 0.29) is 11.9 Å². The Kier molecular flexibility index (Phi) is 5.02. The highest BCUT2D eigenvalue weighted by molar-refractivity contribution is 5.85. The number of aromatic nitrogens is 1. The van der Waals surface area contributed by atoms with Crippen molar-refractivity contribution in [3.05, 3.63) is 35.5 Å². The first kappa shape index (κ1) is 15.6. The van der Waals surface area contributed by atoms with Crippen LogP contribution >= 0.6 is 0 Å². The van der Waals surface area contributed by atoms with Crippen molar-refractivity contribution in [1.29, 1.82) is 0 Å². The fourth-order valence-corrected chi connectivity index (χ4v) is 2.69. The molecule has 4 nitrogen and oxygen atoms in total. The van der Waals surface area contributed by atoms with Gasteiger partial charge in [0.05, 0.1) is 0 Å². The highest BCUT2D eigenvalue weighted by atomic mass is 16.1. The van der Waals surface area contributed by atoms with Crippen LogP contribution in [0, 0.1) is 6.92 Å². The summed E-state index contributed by atoms with van der Waals surface area (Å²) in [5, 5.41) is 7.57. The van der Waals surface area contributed by atoms with Crippen molar-refractivity contribution in [1.82, 2.24) is 15.2 Å². The summed E-state index contributed by atoms with van der Waals surface area (Å²) in [5.41, 5.74) is 3.84. The predicted molar refractivity (Wildman–Crippen MR) is 87.3 cm³/mol. The van der Waals surface area contributed by atoms with Gasteiger partial charge in [-0.3, -0.25) is 4.79 Å². The van der Waals surface area contributed by atoms with Crippen LogP contribution in [0.3, 0.4) is 0 Å². The largest absolute Gasteiger partial charge is 0.354 e. The molecule has 0 radical (unpaired) electrons. The first-order valence-electron chi connectivity index (χ1n) is 7.53. The van der Waals surface area contributed by atoms with Crippen molar-refractivity contribution in [2.75, 3.05) is 6.54 Å². The van der Waals surface area contributed by atoms with Crippen LogP contribution in [-0.4, -0.2) is 23.1 Å². The molecule has 0 bridgehead atoms. The Morgan fingerprint density at radius 2 is 2.00 bits per heavy atom. The second kappa shape index (κ2) is 6.76. The van der Waals surface area contributed by atoms with Gasteiger partial charge in [0.2, 0.25) is 5.91 Å². The molecular weight excluding hydrogens is 262 g/mol. The van der Waals surface area contributed by atoms with E-state index in [2.05, 4.69) is 53.4 Å². The zero-order valence-electron chi connectivity index (χ0n) is 13.4. The monoisotopic (exact) mass is 287 g/mol. The van der Waals surface area contributed by atoms with E-state index in [4.69, 9.17) is 0 Å². The van der Waals surface area contributed by atoms with Gasteiger partial charge in [0, 0.05) is 49.2 Å². The third-order valence-corrected chi connectivity index (χ3v) is 3.78. The average molecular weight is 287 g/mol. The Morgan fingerprint density at radius 3 is 2.67 bits per heavy atom. The molecule has 0 fully saturated rings. The molecule has 1 heterocycles. The zero-order valence-corrected chi connectivity index (χ0v) is 13.4. The second-order valence-corrected chi connectivity index (χ2v) is 5.80. The third kappa shape index (κ3) is 3.64. The number of carbonyl (C=O) groups is 1. The molecule has 21 heavy (non-hydrogen) atoms. The molecule has 0 spiro atoms. The lowest BCUT2D eigenvalue weighted by molar-refractivity contribution is -0.121. The molecule has 2 rings (SSSR count). The minimum Gasteiger partial charge on any atom is -0.354 e. The van der Waals surface area contributed by atoms with E-state index >= 15 is 0 Å². The lowest BCUT2D eigenvalue weighted by Crippen LogP contribution is -2.32. The van der Waals surface area contributed by atoms with E-state index in [1.165, 1.54) is 22.2 Å². The van der Waals surface area contributed by atoms with Crippen LogP contribution in [-0.2, 0) is 18.4 Å². The quantitative estimate of drug-likeness (QED) is 0.802. The maximum absolute atomic E-state index is 11.6. The van der Waals surface area contributed by atoms with Gasteiger partial charge in [0.1, 0.15) is 0 Å². The molecule has 114 valence electrons. The molecule has 1 aromatic carbocycles. The Balaban J connectivity index is 1.94. The van der Waals surface area contributed by atoms with Gasteiger partial charge in [-0.25, -0.2) is 0 Å². The summed E-state index contributed by atoms with van der Waals surface area (Å²) < 4.78 is 2.23. The minimum absolute atomic E-state index is 0.103. The summed E-state index contributed by atoms with van der Waals surface area (Å²) >= 11 is 0. The normalized spacial score (nSPS) is 11.3. The van der Waals surface area contributed by atoms with Gasteiger partial charge >= 0.3 is 0 Å². The highest BCUT2D eigenvalue weighted by Gasteiger charge is 2.10. The zero-order chi connectivity index (χ0) is 15.4. The number of carbonyl (C=O) groups excluding carboxylic acids is 1. The lowest BCUT2D eigenvalue weighted by Gasteiger charge is -2.10. The predicted octanol–water partition coefficient (Wildman–Crippen LogP) is 2.49. The van der Waals surface area contributed by atoms with Crippen LogP contribution in [0.1, 0.15) is 31.5 Å². The van der Waals surface area contributed by atoms with E-state index in [9.17, 15) is 4.79 Å². The van der Waals surface area contributed by atoms with Gasteiger partial charge in [0.25, 0.3) is 0 Å². The molecule has 0 saturated carbocycles. The number of hydrogen-bond donors (Lipinski definition) is 2. The molecule has 0 atom stereocenters. The van der Waals surface area contributed by atoms with Gasteiger partial charge in [-0.1, -0.05) is 18.2 Å². The number of para-hydroxylation sites is 1. The number of nitrogens with one attached hydrogen (secondary N) is 2. The number of amides is 1. The SMILES string of the molecule is Cc1c(CNCCC(=O)NC(C)C)n(C)c2ccccc12. The average Bonchev–Trinajstić information content (AvgIpc) is 2.68. The van der Waals surface area contributed by atoms with E-state index in [1.807, 2.05) is 13.8 Å². The second-order valence-electron chi connectivity index (χ2n) is 5.80. The molecule has 0 aliphatic heterocycles. The molecule has 0 aliphatic carbocycles. The third-order valence-electron chi connectivity index (χ3n) is 3.78. The number of fused-ring (bicyclic) bond motifs is 1. The van der Waals surface area contributed by atoms with E-state index in [0.29, 0.717) is 13.0 Å². The molecule has 2 aromatic rings. The molecule has 0 saturated heterocycles. The van der Waals surface area contributed by atoms with Gasteiger partial charge in [-0.2, -0.15) is 0 Å². The van der Waals surface area contributed by atoms with Gasteiger partial charge in [0.15, 0.2) is 0 Å². The maximum Gasteiger partial charge on any atom is 0.221 e. The molecule has 0 aliphatic rings. The van der Waals surface area contributed by atoms with Gasteiger partial charge in [-0.05, 0) is 32.4 Å². The fourth-order valence-electron chi connectivity index (χ4n) is 2.69. The maximum atomic E-state index is 11.6. The van der Waals surface area contributed by atoms with Crippen LogP contribution in [0.5, 0.6) is 0 Å². The molecule has 1 aromatic heterocycles. The first-order valence-corrected chi connectivity index (χ1v) is 7.53. The topological polar surface area (TPSA) is 46.1 Å². The highest BCUT2D eigenvalue weighted by Crippen LogP contribution is 2.24. The Labute approximate surface area is 126 Å². The summed E-state index contributed by atoms with van der Waals surface area (Å²) in [7, 11) is 2.10. The number of rotatable bonds is 6. The van der Waals surface area contributed by atoms with Crippen molar-refractivity contribution in [2.24, 2.45) is 7.05 Å². The van der Waals surface area contributed by atoms with E-state index < -0.39 is 0 Å². The van der Waals surface area contributed by atoms with E-state index in [0.717, 1.165) is 6.54 Å². The van der Waals surface area contributed by atoms with Crippen molar-refractivity contribution in [3.8, 4) is 0 Å². The molecule has 1 amide bonds. The van der Waals surface area contributed by atoms with Crippen LogP contribution in [0.4, 0.5) is 0 Å². The van der Waals surface area contributed by atoms with E-state index in [1.54, 1.807) is 0 Å². The number of hydrogen-bond acceptors (Lipinski definition) is 2. The lowest BCUT2D eigenvalue weighted by atomic mass is 10.1. The fraction of sp³-hybridized carbons (Fsp3) is 0.471. The summed E-state index contributed by atoms with van der Waals surface area (Å²) in [6.07, 6.45) is 0.515. The smallest absolute Gasteiger partial charge is 0.221 e. The first-order chi connectivity index (χ1) is 10.0. The molecule has 4 heteroatoms. The van der Waals surface area contributed by atoms with Crippen LogP contribution in [0.2, 0.25) is 0 Å². The van der Waals surface area contributed by atoms with Crippen LogP contribution in [0.25, 0.3) is 10.9 Å². The Bertz CT molecular complexity index is 589. The van der Waals surface area contributed by atoms with Crippen molar-refractivity contribution >= 4 is 16.8 Å². The minimum atomic E-state index is 0.103. The standard InChI is InChI=1S/C17H25N3O/c1-12(2)19-17(21)9-10-18-11-16-13(3)14-7-5-6-8-15(14)20(16)4/h5-8,12,18H,9-11H2,1-4H3,(H,19,21). The summed E-state index contributed by atoms with van der Waals surface area (Å²) in [6, 6.07) is 8.64. The summed E-state index contributed by atoms with van der Waals surface area (Å²) in [6.45, 7) is 7.59. The molecule has 0 unspecified atom stereocenters. The Morgan fingerprint density at radius 1 is 1.29 bits per heavy atom. The number of nitrogens with zero attached hydrogens (tertiary/aromatic N) is 1. The van der Waals surface area contributed by atoms with Crippen molar-refractivity contribution in [2.45, 2.75) is 39.8 Å². The van der Waals surface area contributed by atoms with Gasteiger partial charge in [-0.15, -0.1) is 0 Å². The molecule has 2 N–H and O–H groups in total. The summed E-state index contributed by atoms with van der Waals surface area (Å²) in [4.78, 5) is 11.6. The number of aryl methyl sites for hydroxylation is 2. The van der Waals surface area contributed by atoms with Crippen LogP contribution < -0.4 is 10.6 Å². The van der Waals surface area contributed by atoms with Crippen molar-refractivity contribution in [3.63, 3.8) is 0 Å². The van der Waals surface area contributed by atoms with Crippen LogP contribution in [0.15, 0.2) is 24.3 Å². The van der Waals surface area contributed by atoms with Gasteiger partial charge < -0.3 is 15.2 Å².